The second-order valence-electron chi connectivity index (χ2n) is 7.64. The second-order valence-corrected chi connectivity index (χ2v) is 8.61. The number of carbonyl (C=O) groups is 2. The van der Waals surface area contributed by atoms with Crippen molar-refractivity contribution in [2.24, 2.45) is 0 Å². The van der Waals surface area contributed by atoms with Crippen LogP contribution in [0.4, 0.5) is 18.9 Å². The van der Waals surface area contributed by atoms with Crippen LogP contribution >= 0.6 is 11.3 Å². The predicted molar refractivity (Wildman–Crippen MR) is 126 cm³/mol. The van der Waals surface area contributed by atoms with E-state index < -0.39 is 29.5 Å². The third kappa shape index (κ3) is 6.59. The molecule has 0 radical (unpaired) electrons. The number of benzene rings is 2. The maximum Gasteiger partial charge on any atom is 0.419 e. The zero-order chi connectivity index (χ0) is 26.3. The number of hydrogen-bond donors (Lipinski definition) is 1. The Morgan fingerprint density at radius 1 is 1.17 bits per heavy atom. The highest BCUT2D eigenvalue weighted by Gasteiger charge is 2.35. The molecule has 3 rings (SSSR count). The molecule has 1 amide bonds. The molecule has 0 saturated heterocycles. The van der Waals surface area contributed by atoms with Crippen molar-refractivity contribution in [2.45, 2.75) is 18.6 Å². The average Bonchev–Trinajstić information content (AvgIpc) is 3.34. The summed E-state index contributed by atoms with van der Waals surface area (Å²) in [5.41, 5.74) is 0.691. The molecule has 3 aromatic rings. The van der Waals surface area contributed by atoms with Crippen LogP contribution in [0.25, 0.3) is 0 Å². The number of halogens is 3. The first-order chi connectivity index (χ1) is 17.2. The third-order valence-electron chi connectivity index (χ3n) is 5.14. The number of carbonyl (C=O) groups excluding carboxylic acids is 1. The van der Waals surface area contributed by atoms with Gasteiger partial charge in [0.05, 0.1) is 41.6 Å². The lowest BCUT2D eigenvalue weighted by Gasteiger charge is -2.28. The third-order valence-corrected chi connectivity index (χ3v) is 5.92. The number of rotatable bonds is 12. The highest BCUT2D eigenvalue weighted by Crippen LogP contribution is 2.40. The average molecular weight is 525 g/mol. The maximum absolute atomic E-state index is 13.8. The van der Waals surface area contributed by atoms with Crippen LogP contribution in [0.1, 0.15) is 26.4 Å². The van der Waals surface area contributed by atoms with Crippen molar-refractivity contribution in [1.82, 2.24) is 4.98 Å². The van der Waals surface area contributed by atoms with Crippen molar-refractivity contribution in [3.05, 3.63) is 69.7 Å². The Kier molecular flexibility index (Phi) is 9.02. The van der Waals surface area contributed by atoms with Gasteiger partial charge in [-0.05, 0) is 35.9 Å². The number of aromatic carboxylic acids is 1. The Labute approximate surface area is 208 Å². The minimum atomic E-state index is -4.71. The molecule has 0 unspecified atom stereocenters. The molecule has 0 fully saturated rings. The molecule has 0 aliphatic heterocycles. The lowest BCUT2D eigenvalue weighted by Crippen LogP contribution is -2.41. The molecule has 8 nitrogen and oxygen atoms in total. The number of anilines is 1. The molecule has 0 aliphatic carbocycles. The number of carboxylic acids is 1. The van der Waals surface area contributed by atoms with Gasteiger partial charge in [-0.3, -0.25) is 9.78 Å². The highest BCUT2D eigenvalue weighted by atomic mass is 32.1. The summed E-state index contributed by atoms with van der Waals surface area (Å²) < 4.78 is 57.1. The van der Waals surface area contributed by atoms with Gasteiger partial charge >= 0.3 is 12.1 Å². The summed E-state index contributed by atoms with van der Waals surface area (Å²) in [4.78, 5) is 29.6. The zero-order valence-corrected chi connectivity index (χ0v) is 20.1. The largest absolute Gasteiger partial charge is 0.478 e. The van der Waals surface area contributed by atoms with Crippen LogP contribution < -0.4 is 9.64 Å². The lowest BCUT2D eigenvalue weighted by molar-refractivity contribution is -0.138. The predicted octanol–water partition coefficient (Wildman–Crippen LogP) is 4.87. The Morgan fingerprint density at radius 3 is 2.44 bits per heavy atom. The molecule has 0 saturated carbocycles. The summed E-state index contributed by atoms with van der Waals surface area (Å²) in [7, 11) is 2.84. The van der Waals surface area contributed by atoms with Gasteiger partial charge in [-0.2, -0.15) is 13.2 Å². The second kappa shape index (κ2) is 12.0. The fraction of sp³-hybridized carbons (Fsp3) is 0.292. The smallest absolute Gasteiger partial charge is 0.419 e. The van der Waals surface area contributed by atoms with E-state index in [1.807, 2.05) is 0 Å². The fourth-order valence-corrected chi connectivity index (χ4v) is 4.19. The molecule has 12 heteroatoms. The van der Waals surface area contributed by atoms with Crippen molar-refractivity contribution >= 4 is 29.4 Å². The zero-order valence-electron chi connectivity index (χ0n) is 19.3. The minimum absolute atomic E-state index is 0.0138. The number of thiazole rings is 1. The van der Waals surface area contributed by atoms with Crippen LogP contribution in [0.3, 0.4) is 0 Å². The van der Waals surface area contributed by atoms with E-state index >= 15 is 0 Å². The summed E-state index contributed by atoms with van der Waals surface area (Å²) in [5.74, 6) is -2.02. The summed E-state index contributed by atoms with van der Waals surface area (Å²) in [6.07, 6.45) is -2.41. The van der Waals surface area contributed by atoms with Gasteiger partial charge in [0.1, 0.15) is 11.5 Å². The molecule has 1 heterocycles. The first-order valence-corrected chi connectivity index (χ1v) is 11.4. The summed E-state index contributed by atoms with van der Waals surface area (Å²) in [6, 6.07) is 6.71. The maximum atomic E-state index is 13.8. The number of aromatic nitrogens is 1. The van der Waals surface area contributed by atoms with Crippen LogP contribution in [0, 0.1) is 0 Å². The molecule has 36 heavy (non-hydrogen) atoms. The monoisotopic (exact) mass is 524 g/mol. The van der Waals surface area contributed by atoms with E-state index in [1.54, 1.807) is 11.7 Å². The van der Waals surface area contributed by atoms with Crippen LogP contribution in [0.15, 0.2) is 48.1 Å². The Morgan fingerprint density at radius 2 is 1.89 bits per heavy atom. The molecular formula is C24H23F3N2O6S. The van der Waals surface area contributed by atoms with Gasteiger partial charge in [-0.25, -0.2) is 4.79 Å². The highest BCUT2D eigenvalue weighted by molar-refractivity contribution is 7.09. The number of methoxy groups -OCH3 is 2. The van der Waals surface area contributed by atoms with E-state index in [-0.39, 0.29) is 36.6 Å². The van der Waals surface area contributed by atoms with Crippen LogP contribution in [0.2, 0.25) is 0 Å². The first-order valence-electron chi connectivity index (χ1n) is 10.5. The summed E-state index contributed by atoms with van der Waals surface area (Å²) in [5, 5.41) is 9.74. The number of alkyl halides is 3. The molecule has 192 valence electrons. The van der Waals surface area contributed by atoms with Crippen molar-refractivity contribution in [3.8, 4) is 11.5 Å². The quantitative estimate of drug-likeness (QED) is 0.338. The van der Waals surface area contributed by atoms with Gasteiger partial charge in [-0.15, -0.1) is 11.3 Å². The molecule has 1 aromatic heterocycles. The number of carboxylic acid groups (broad SMARTS) is 1. The molecule has 2 aromatic carbocycles. The van der Waals surface area contributed by atoms with Gasteiger partial charge in [0.15, 0.2) is 0 Å². The fourth-order valence-electron chi connectivity index (χ4n) is 3.56. The number of hydrogen-bond acceptors (Lipinski definition) is 7. The van der Waals surface area contributed by atoms with Gasteiger partial charge in [0.25, 0.3) is 0 Å². The van der Waals surface area contributed by atoms with Crippen molar-refractivity contribution in [1.29, 1.82) is 0 Å². The van der Waals surface area contributed by atoms with E-state index in [0.717, 1.165) is 21.9 Å². The Balaban J connectivity index is 1.96. The summed E-state index contributed by atoms with van der Waals surface area (Å²) >= 11 is 1.33. The standard InChI is InChI=1S/C24H23F3N2O6S/c1-33-11-16(12-34-2)29(14-30)21-5-4-17(9-19(21)23(31)32)35-22-6-3-15(7-18-10-28-13-36-18)8-20(22)24(25,26)27/h3-6,8-10,13-14,16H,7,11-12H2,1-2H3,(H,31,32). The van der Waals surface area contributed by atoms with Gasteiger partial charge < -0.3 is 24.2 Å². The van der Waals surface area contributed by atoms with E-state index in [1.165, 1.54) is 49.8 Å². The van der Waals surface area contributed by atoms with Gasteiger partial charge in [0, 0.05) is 31.7 Å². The van der Waals surface area contributed by atoms with Crippen molar-refractivity contribution in [3.63, 3.8) is 0 Å². The van der Waals surface area contributed by atoms with Gasteiger partial charge in [0.2, 0.25) is 6.41 Å². The molecule has 0 spiro atoms. The van der Waals surface area contributed by atoms with Gasteiger partial charge in [-0.1, -0.05) is 6.07 Å². The number of nitrogens with zero attached hydrogens (tertiary/aromatic N) is 2. The molecule has 0 aliphatic rings. The van der Waals surface area contributed by atoms with Crippen LogP contribution in [-0.4, -0.2) is 55.9 Å². The van der Waals surface area contributed by atoms with E-state index in [2.05, 4.69) is 4.98 Å². The Hall–Kier alpha value is -3.48. The number of amides is 1. The molecular weight excluding hydrogens is 501 g/mol. The van der Waals surface area contributed by atoms with Crippen molar-refractivity contribution in [2.75, 3.05) is 32.3 Å². The van der Waals surface area contributed by atoms with Crippen molar-refractivity contribution < 1.29 is 42.1 Å². The van der Waals surface area contributed by atoms with E-state index in [0.29, 0.717) is 12.0 Å². The molecule has 0 atom stereocenters. The summed E-state index contributed by atoms with van der Waals surface area (Å²) in [6.45, 7) is 0.124. The lowest BCUT2D eigenvalue weighted by atomic mass is 10.1. The van der Waals surface area contributed by atoms with E-state index in [4.69, 9.17) is 14.2 Å². The Bertz CT molecular complexity index is 1180. The minimum Gasteiger partial charge on any atom is -0.478 e. The van der Waals surface area contributed by atoms with Crippen LogP contribution in [0.5, 0.6) is 11.5 Å². The topological polar surface area (TPSA) is 98.2 Å². The number of ether oxygens (including phenoxy) is 3. The van der Waals surface area contributed by atoms with E-state index in [9.17, 15) is 27.9 Å². The molecule has 1 N–H and O–H groups in total. The molecule has 0 bridgehead atoms. The van der Waals surface area contributed by atoms with Crippen LogP contribution in [-0.2, 0) is 26.9 Å². The normalized spacial score (nSPS) is 11.5. The first kappa shape index (κ1) is 27.1. The SMILES string of the molecule is COCC(COC)N(C=O)c1ccc(Oc2ccc(Cc3cncs3)cc2C(F)(F)F)cc1C(=O)O.